The highest BCUT2D eigenvalue weighted by atomic mass is 16.7. The molecule has 0 aromatic heterocycles. The van der Waals surface area contributed by atoms with Gasteiger partial charge in [0.25, 0.3) is 0 Å². The van der Waals surface area contributed by atoms with E-state index >= 15 is 0 Å². The molecule has 1 aromatic rings. The van der Waals surface area contributed by atoms with Crippen molar-refractivity contribution in [3.8, 4) is 11.5 Å². The van der Waals surface area contributed by atoms with E-state index in [1.54, 1.807) is 32.2 Å². The van der Waals surface area contributed by atoms with Crippen LogP contribution in [0.15, 0.2) is 18.2 Å². The van der Waals surface area contributed by atoms with E-state index in [9.17, 15) is 5.11 Å². The summed E-state index contributed by atoms with van der Waals surface area (Å²) < 4.78 is 21.8. The SMILES string of the molecule is CCOC(COc1ccc([C@@H](C)O)cc1OC)OCC. The molecule has 1 rings (SSSR count). The second-order valence-corrected chi connectivity index (χ2v) is 4.24. The van der Waals surface area contributed by atoms with Crippen LogP contribution in [0, 0.1) is 0 Å². The van der Waals surface area contributed by atoms with Crippen LogP contribution in [0.4, 0.5) is 0 Å². The summed E-state index contributed by atoms with van der Waals surface area (Å²) in [5.74, 6) is 1.18. The van der Waals surface area contributed by atoms with Crippen molar-refractivity contribution in [1.29, 1.82) is 0 Å². The topological polar surface area (TPSA) is 57.2 Å². The van der Waals surface area contributed by atoms with E-state index < -0.39 is 12.4 Å². The predicted molar refractivity (Wildman–Crippen MR) is 76.2 cm³/mol. The van der Waals surface area contributed by atoms with Crippen molar-refractivity contribution >= 4 is 0 Å². The molecule has 5 heteroatoms. The third-order valence-corrected chi connectivity index (χ3v) is 2.75. The second kappa shape index (κ2) is 8.79. The average Bonchev–Trinajstić information content (AvgIpc) is 2.45. The van der Waals surface area contributed by atoms with Gasteiger partial charge in [0.1, 0.15) is 6.61 Å². The van der Waals surface area contributed by atoms with Crippen LogP contribution in [0.1, 0.15) is 32.4 Å². The largest absolute Gasteiger partial charge is 0.493 e. The summed E-state index contributed by atoms with van der Waals surface area (Å²) in [5, 5.41) is 9.56. The minimum Gasteiger partial charge on any atom is -0.493 e. The molecule has 5 nitrogen and oxygen atoms in total. The van der Waals surface area contributed by atoms with Gasteiger partial charge in [-0.05, 0) is 38.5 Å². The molecule has 0 spiro atoms. The summed E-state index contributed by atoms with van der Waals surface area (Å²) in [7, 11) is 1.57. The zero-order chi connectivity index (χ0) is 15.0. The summed E-state index contributed by atoms with van der Waals surface area (Å²) >= 11 is 0. The summed E-state index contributed by atoms with van der Waals surface area (Å²) in [4.78, 5) is 0. The van der Waals surface area contributed by atoms with Crippen LogP contribution < -0.4 is 9.47 Å². The number of aliphatic hydroxyl groups is 1. The molecule has 0 radical (unpaired) electrons. The fourth-order valence-electron chi connectivity index (χ4n) is 1.74. The molecule has 20 heavy (non-hydrogen) atoms. The summed E-state index contributed by atoms with van der Waals surface area (Å²) in [6, 6.07) is 5.34. The Hall–Kier alpha value is -1.30. The number of hydrogen-bond acceptors (Lipinski definition) is 5. The molecule has 0 aliphatic rings. The Morgan fingerprint density at radius 3 is 2.25 bits per heavy atom. The fourth-order valence-corrected chi connectivity index (χ4v) is 1.74. The smallest absolute Gasteiger partial charge is 0.191 e. The van der Waals surface area contributed by atoms with Crippen molar-refractivity contribution in [3.05, 3.63) is 23.8 Å². The van der Waals surface area contributed by atoms with E-state index in [-0.39, 0.29) is 6.61 Å². The first-order valence-corrected chi connectivity index (χ1v) is 6.84. The Kier molecular flexibility index (Phi) is 7.36. The molecular formula is C15H24O5. The van der Waals surface area contributed by atoms with Gasteiger partial charge in [-0.1, -0.05) is 6.07 Å². The molecule has 0 unspecified atom stereocenters. The van der Waals surface area contributed by atoms with Gasteiger partial charge in [0, 0.05) is 13.2 Å². The van der Waals surface area contributed by atoms with Gasteiger partial charge in [-0.25, -0.2) is 0 Å². The van der Waals surface area contributed by atoms with Gasteiger partial charge in [0.15, 0.2) is 17.8 Å². The summed E-state index contributed by atoms with van der Waals surface area (Å²) in [6.07, 6.45) is -0.941. The third-order valence-electron chi connectivity index (χ3n) is 2.75. The number of benzene rings is 1. The zero-order valence-electron chi connectivity index (χ0n) is 12.6. The van der Waals surface area contributed by atoms with Gasteiger partial charge in [0.2, 0.25) is 0 Å². The van der Waals surface area contributed by atoms with Crippen molar-refractivity contribution in [2.24, 2.45) is 0 Å². The predicted octanol–water partition coefficient (Wildman–Crippen LogP) is 2.53. The molecule has 114 valence electrons. The molecule has 0 bridgehead atoms. The molecule has 1 N–H and O–H groups in total. The van der Waals surface area contributed by atoms with Gasteiger partial charge >= 0.3 is 0 Å². The highest BCUT2D eigenvalue weighted by molar-refractivity contribution is 5.43. The molecule has 0 amide bonds. The lowest BCUT2D eigenvalue weighted by molar-refractivity contribution is -0.152. The molecule has 0 fully saturated rings. The van der Waals surface area contributed by atoms with E-state index in [1.807, 2.05) is 13.8 Å². The van der Waals surface area contributed by atoms with Crippen molar-refractivity contribution < 1.29 is 24.1 Å². The van der Waals surface area contributed by atoms with Crippen LogP contribution in [0.3, 0.4) is 0 Å². The Morgan fingerprint density at radius 1 is 1.10 bits per heavy atom. The number of ether oxygens (including phenoxy) is 4. The molecular weight excluding hydrogens is 260 g/mol. The molecule has 0 saturated carbocycles. The Morgan fingerprint density at radius 2 is 1.75 bits per heavy atom. The van der Waals surface area contributed by atoms with E-state index in [0.717, 1.165) is 5.56 Å². The van der Waals surface area contributed by atoms with E-state index in [2.05, 4.69) is 0 Å². The minimum absolute atomic E-state index is 0.284. The maximum Gasteiger partial charge on any atom is 0.191 e. The van der Waals surface area contributed by atoms with Crippen molar-refractivity contribution in [1.82, 2.24) is 0 Å². The quantitative estimate of drug-likeness (QED) is 0.706. The van der Waals surface area contributed by atoms with E-state index in [4.69, 9.17) is 18.9 Å². The van der Waals surface area contributed by atoms with Crippen LogP contribution in [-0.2, 0) is 9.47 Å². The fraction of sp³-hybridized carbons (Fsp3) is 0.600. The first-order chi connectivity index (χ1) is 9.62. The second-order valence-electron chi connectivity index (χ2n) is 4.24. The maximum absolute atomic E-state index is 9.56. The number of methoxy groups -OCH3 is 1. The number of hydrogen-bond donors (Lipinski definition) is 1. The Bertz CT molecular complexity index is 386. The summed E-state index contributed by atoms with van der Waals surface area (Å²) in [5.41, 5.74) is 0.778. The molecule has 1 atom stereocenters. The van der Waals surface area contributed by atoms with Crippen molar-refractivity contribution in [2.45, 2.75) is 33.2 Å². The Balaban J connectivity index is 2.71. The van der Waals surface area contributed by atoms with Crippen LogP contribution >= 0.6 is 0 Å². The van der Waals surface area contributed by atoms with Crippen LogP contribution in [-0.4, -0.2) is 38.3 Å². The lowest BCUT2D eigenvalue weighted by atomic mass is 10.1. The third kappa shape index (κ3) is 5.00. The molecule has 1 aromatic carbocycles. The molecule has 0 aliphatic heterocycles. The number of aliphatic hydroxyl groups excluding tert-OH is 1. The van der Waals surface area contributed by atoms with Crippen LogP contribution in [0.2, 0.25) is 0 Å². The van der Waals surface area contributed by atoms with Gasteiger partial charge in [-0.15, -0.1) is 0 Å². The van der Waals surface area contributed by atoms with Gasteiger partial charge in [0.05, 0.1) is 13.2 Å². The monoisotopic (exact) mass is 284 g/mol. The van der Waals surface area contributed by atoms with E-state index in [1.165, 1.54) is 0 Å². The van der Waals surface area contributed by atoms with Gasteiger partial charge < -0.3 is 24.1 Å². The standard InChI is InChI=1S/C15H24O5/c1-5-18-15(19-6-2)10-20-13-8-7-12(11(3)16)9-14(13)17-4/h7-9,11,15-16H,5-6,10H2,1-4H3/t11-/m1/s1. The Labute approximate surface area is 120 Å². The van der Waals surface area contributed by atoms with Crippen LogP contribution in [0.5, 0.6) is 11.5 Å². The molecule has 0 heterocycles. The summed E-state index contributed by atoms with van der Waals surface area (Å²) in [6.45, 7) is 6.92. The van der Waals surface area contributed by atoms with E-state index in [0.29, 0.717) is 24.7 Å². The van der Waals surface area contributed by atoms with Crippen molar-refractivity contribution in [2.75, 3.05) is 26.9 Å². The number of rotatable bonds is 9. The molecule has 0 aliphatic carbocycles. The average molecular weight is 284 g/mol. The lowest BCUT2D eigenvalue weighted by Crippen LogP contribution is -2.25. The first-order valence-electron chi connectivity index (χ1n) is 6.84. The van der Waals surface area contributed by atoms with Crippen LogP contribution in [0.25, 0.3) is 0 Å². The minimum atomic E-state index is -0.544. The molecule has 0 saturated heterocycles. The van der Waals surface area contributed by atoms with Crippen molar-refractivity contribution in [3.63, 3.8) is 0 Å². The highest BCUT2D eigenvalue weighted by Gasteiger charge is 2.13. The normalized spacial score (nSPS) is 12.5. The van der Waals surface area contributed by atoms with Gasteiger partial charge in [-0.2, -0.15) is 0 Å². The highest BCUT2D eigenvalue weighted by Crippen LogP contribution is 2.30. The lowest BCUT2D eigenvalue weighted by Gasteiger charge is -2.19. The zero-order valence-corrected chi connectivity index (χ0v) is 12.6. The maximum atomic E-state index is 9.56. The first kappa shape index (κ1) is 16.8. The van der Waals surface area contributed by atoms with Gasteiger partial charge in [-0.3, -0.25) is 0 Å².